The van der Waals surface area contributed by atoms with Crippen molar-refractivity contribution >= 4 is 39.1 Å². The summed E-state index contributed by atoms with van der Waals surface area (Å²) < 4.78 is 29.1. The number of piperidine rings is 1. The van der Waals surface area contributed by atoms with Crippen molar-refractivity contribution in [3.05, 3.63) is 83.4 Å². The Hall–Kier alpha value is -3.00. The number of fused-ring (bicyclic) bond motifs is 1. The van der Waals surface area contributed by atoms with Gasteiger partial charge in [-0.1, -0.05) is 86.2 Å². The number of nitrogens with one attached hydrogen (secondary N) is 1. The zero-order valence-electron chi connectivity index (χ0n) is 19.9. The van der Waals surface area contributed by atoms with Crippen LogP contribution in [0.4, 0.5) is 0 Å². The van der Waals surface area contributed by atoms with Gasteiger partial charge in [0.25, 0.3) is 10.2 Å². The molecule has 184 valence electrons. The second kappa shape index (κ2) is 11.2. The van der Waals surface area contributed by atoms with Gasteiger partial charge >= 0.3 is 5.97 Å². The monoisotopic (exact) mass is 492 g/mol. The van der Waals surface area contributed by atoms with E-state index in [9.17, 15) is 18.3 Å². The molecule has 1 aliphatic heterocycles. The average Bonchev–Trinajstić information content (AvgIpc) is 2.87. The van der Waals surface area contributed by atoms with Crippen LogP contribution in [0.2, 0.25) is 0 Å². The lowest BCUT2D eigenvalue weighted by Gasteiger charge is -2.32. The molecule has 1 heterocycles. The molecule has 0 aromatic heterocycles. The summed E-state index contributed by atoms with van der Waals surface area (Å²) >= 11 is 0. The topological polar surface area (TPSA) is 86.7 Å². The highest BCUT2D eigenvalue weighted by molar-refractivity contribution is 7.87. The summed E-state index contributed by atoms with van der Waals surface area (Å²) in [5, 5.41) is 11.7. The van der Waals surface area contributed by atoms with Crippen molar-refractivity contribution in [2.45, 2.75) is 44.6 Å². The van der Waals surface area contributed by atoms with E-state index in [1.54, 1.807) is 0 Å². The number of nitrogens with zero attached hydrogens (tertiary/aromatic N) is 1. The zero-order chi connectivity index (χ0) is 24.8. The third-order valence-electron chi connectivity index (χ3n) is 6.61. The SMILES string of the molecule is CCC[C@H](NS(=O)(=O)N1CCC(c2ccc(C=Cc3ccc4ccccc4c3)cc2)CC1)C(=O)O. The molecule has 7 heteroatoms. The van der Waals surface area contributed by atoms with Crippen LogP contribution in [-0.2, 0) is 15.0 Å². The quantitative estimate of drug-likeness (QED) is 0.398. The molecule has 0 aliphatic carbocycles. The Balaban J connectivity index is 1.34. The molecule has 0 spiro atoms. The van der Waals surface area contributed by atoms with Crippen molar-refractivity contribution in [3.63, 3.8) is 0 Å². The number of carbonyl (C=O) groups is 1. The second-order valence-electron chi connectivity index (χ2n) is 9.08. The molecule has 35 heavy (non-hydrogen) atoms. The van der Waals surface area contributed by atoms with E-state index < -0.39 is 22.2 Å². The number of hydrogen-bond donors (Lipinski definition) is 2. The number of benzene rings is 3. The lowest BCUT2D eigenvalue weighted by molar-refractivity contribution is -0.139. The van der Waals surface area contributed by atoms with Gasteiger partial charge in [0.1, 0.15) is 6.04 Å². The molecule has 1 fully saturated rings. The first-order chi connectivity index (χ1) is 16.9. The Kier molecular flexibility index (Phi) is 8.00. The molecule has 4 rings (SSSR count). The number of aliphatic carboxylic acids is 1. The molecular formula is C28H32N2O4S. The maximum Gasteiger partial charge on any atom is 0.321 e. The van der Waals surface area contributed by atoms with Gasteiger partial charge in [-0.25, -0.2) is 0 Å². The maximum atomic E-state index is 12.7. The highest BCUT2D eigenvalue weighted by Gasteiger charge is 2.32. The van der Waals surface area contributed by atoms with E-state index in [2.05, 4.69) is 71.5 Å². The van der Waals surface area contributed by atoms with Crippen molar-refractivity contribution in [1.82, 2.24) is 9.03 Å². The number of carboxylic acids is 1. The van der Waals surface area contributed by atoms with Gasteiger partial charge in [0.15, 0.2) is 0 Å². The zero-order valence-corrected chi connectivity index (χ0v) is 20.7. The Morgan fingerprint density at radius 1 is 1.00 bits per heavy atom. The summed E-state index contributed by atoms with van der Waals surface area (Å²) in [4.78, 5) is 11.3. The third kappa shape index (κ3) is 6.36. The molecule has 0 saturated carbocycles. The van der Waals surface area contributed by atoms with Crippen LogP contribution in [0.3, 0.4) is 0 Å². The Labute approximate surface area is 207 Å². The smallest absolute Gasteiger partial charge is 0.321 e. The van der Waals surface area contributed by atoms with E-state index in [0.717, 1.165) is 11.1 Å². The van der Waals surface area contributed by atoms with Gasteiger partial charge in [-0.3, -0.25) is 4.79 Å². The van der Waals surface area contributed by atoms with Crippen molar-refractivity contribution in [2.75, 3.05) is 13.1 Å². The molecule has 3 aromatic rings. The standard InChI is InChI=1S/C28H32N2O4S/c1-2-5-27(28(31)32)29-35(33,34)30-18-16-25(17-19-30)24-13-10-21(11-14-24)8-9-22-12-15-23-6-3-4-7-26(23)20-22/h3-4,6-15,20,25,27,29H,2,5,16-19H2,1H3,(H,31,32)/t27-/m0/s1. The molecule has 0 bridgehead atoms. The summed E-state index contributed by atoms with van der Waals surface area (Å²) in [7, 11) is -3.82. The average molecular weight is 493 g/mol. The minimum Gasteiger partial charge on any atom is -0.480 e. The van der Waals surface area contributed by atoms with Crippen molar-refractivity contribution < 1.29 is 18.3 Å². The normalized spacial score (nSPS) is 16.6. The van der Waals surface area contributed by atoms with E-state index in [4.69, 9.17) is 0 Å². The first-order valence-corrected chi connectivity index (χ1v) is 13.6. The number of rotatable bonds is 9. The number of carboxylic acid groups (broad SMARTS) is 1. The minimum absolute atomic E-state index is 0.271. The van der Waals surface area contributed by atoms with Gasteiger partial charge in [0, 0.05) is 13.1 Å². The van der Waals surface area contributed by atoms with E-state index in [-0.39, 0.29) is 12.3 Å². The van der Waals surface area contributed by atoms with Gasteiger partial charge < -0.3 is 5.11 Å². The van der Waals surface area contributed by atoms with Crippen LogP contribution in [0.1, 0.15) is 55.2 Å². The van der Waals surface area contributed by atoms with E-state index in [1.165, 1.54) is 20.6 Å². The van der Waals surface area contributed by atoms with E-state index in [1.807, 2.05) is 19.1 Å². The highest BCUT2D eigenvalue weighted by atomic mass is 32.2. The summed E-state index contributed by atoms with van der Waals surface area (Å²) in [6, 6.07) is 22.1. The Morgan fingerprint density at radius 2 is 1.63 bits per heavy atom. The van der Waals surface area contributed by atoms with Crippen LogP contribution in [-0.4, -0.2) is 42.9 Å². The van der Waals surface area contributed by atoms with Crippen LogP contribution in [0, 0.1) is 0 Å². The summed E-state index contributed by atoms with van der Waals surface area (Å²) in [5.41, 5.74) is 3.47. The third-order valence-corrected chi connectivity index (χ3v) is 8.24. The first-order valence-electron chi connectivity index (χ1n) is 12.1. The molecule has 2 N–H and O–H groups in total. The fourth-order valence-corrected chi connectivity index (χ4v) is 6.01. The first kappa shape index (κ1) is 25.1. The minimum atomic E-state index is -3.82. The Morgan fingerprint density at radius 3 is 2.29 bits per heavy atom. The lowest BCUT2D eigenvalue weighted by atomic mass is 9.90. The van der Waals surface area contributed by atoms with Crippen LogP contribution in [0.15, 0.2) is 66.7 Å². The van der Waals surface area contributed by atoms with Crippen LogP contribution in [0.25, 0.3) is 22.9 Å². The van der Waals surface area contributed by atoms with E-state index >= 15 is 0 Å². The molecule has 0 radical (unpaired) electrons. The molecule has 1 saturated heterocycles. The predicted molar refractivity (Wildman–Crippen MR) is 141 cm³/mol. The van der Waals surface area contributed by atoms with Crippen molar-refractivity contribution in [2.24, 2.45) is 0 Å². The van der Waals surface area contributed by atoms with Gasteiger partial charge in [0.05, 0.1) is 0 Å². The molecule has 0 unspecified atom stereocenters. The van der Waals surface area contributed by atoms with Crippen LogP contribution in [0.5, 0.6) is 0 Å². The van der Waals surface area contributed by atoms with Gasteiger partial charge in [0.2, 0.25) is 0 Å². The van der Waals surface area contributed by atoms with Gasteiger partial charge in [-0.15, -0.1) is 0 Å². The molecular weight excluding hydrogens is 460 g/mol. The molecule has 6 nitrogen and oxygen atoms in total. The lowest BCUT2D eigenvalue weighted by Crippen LogP contribution is -2.50. The molecule has 3 aromatic carbocycles. The summed E-state index contributed by atoms with van der Waals surface area (Å²) in [6.07, 6.45) is 6.49. The summed E-state index contributed by atoms with van der Waals surface area (Å²) in [5.74, 6) is -0.856. The highest BCUT2D eigenvalue weighted by Crippen LogP contribution is 2.29. The maximum absolute atomic E-state index is 12.7. The second-order valence-corrected chi connectivity index (χ2v) is 10.8. The van der Waals surface area contributed by atoms with Crippen LogP contribution >= 0.6 is 0 Å². The van der Waals surface area contributed by atoms with Gasteiger partial charge in [-0.2, -0.15) is 17.4 Å². The fraction of sp³-hybridized carbons (Fsp3) is 0.321. The summed E-state index contributed by atoms with van der Waals surface area (Å²) in [6.45, 7) is 2.59. The van der Waals surface area contributed by atoms with Gasteiger partial charge in [-0.05, 0) is 58.7 Å². The van der Waals surface area contributed by atoms with Crippen LogP contribution < -0.4 is 4.72 Å². The molecule has 0 amide bonds. The molecule has 1 aliphatic rings. The fourth-order valence-electron chi connectivity index (χ4n) is 4.59. The van der Waals surface area contributed by atoms with Crippen molar-refractivity contribution in [3.8, 4) is 0 Å². The largest absolute Gasteiger partial charge is 0.480 e. The number of hydrogen-bond acceptors (Lipinski definition) is 3. The molecule has 1 atom stereocenters. The predicted octanol–water partition coefficient (Wildman–Crippen LogP) is 5.28. The van der Waals surface area contributed by atoms with E-state index in [0.29, 0.717) is 32.4 Å². The Bertz CT molecular complexity index is 1290. The van der Waals surface area contributed by atoms with Crippen molar-refractivity contribution in [1.29, 1.82) is 0 Å².